The molecule has 2 aromatic rings. The highest BCUT2D eigenvalue weighted by Gasteiger charge is 2.29. The number of aromatic nitrogens is 4. The molecule has 0 aromatic carbocycles. The monoisotopic (exact) mass is 275 g/mol. The van der Waals surface area contributed by atoms with Crippen LogP contribution in [-0.4, -0.2) is 25.2 Å². The van der Waals surface area contributed by atoms with Gasteiger partial charge in [0.25, 0.3) is 0 Å². The van der Waals surface area contributed by atoms with Crippen molar-refractivity contribution < 1.29 is 4.52 Å². The number of rotatable bonds is 5. The molecule has 0 saturated heterocycles. The lowest BCUT2D eigenvalue weighted by Gasteiger charge is -2.20. The largest absolute Gasteiger partial charge is 0.339 e. The molecule has 1 aliphatic carbocycles. The van der Waals surface area contributed by atoms with Crippen molar-refractivity contribution in [1.29, 1.82) is 0 Å². The number of nitrogens with one attached hydrogen (secondary N) is 1. The van der Waals surface area contributed by atoms with Gasteiger partial charge in [0, 0.05) is 23.9 Å². The summed E-state index contributed by atoms with van der Waals surface area (Å²) < 4.78 is 7.34. The lowest BCUT2D eigenvalue weighted by Crippen LogP contribution is -2.36. The van der Waals surface area contributed by atoms with Crippen LogP contribution in [0.15, 0.2) is 16.9 Å². The second kappa shape index (κ2) is 5.01. The first-order valence-electron chi connectivity index (χ1n) is 7.09. The molecule has 1 N–H and O–H groups in total. The van der Waals surface area contributed by atoms with E-state index < -0.39 is 0 Å². The summed E-state index contributed by atoms with van der Waals surface area (Å²) in [5.41, 5.74) is 0.0715. The summed E-state index contributed by atoms with van der Waals surface area (Å²) in [5, 5.41) is 7.48. The standard InChI is InChI=1S/C14H21N5O/c1-14(2,3)16-8-12-15-6-7-19(12)9-11-17-13(20-18-11)10-4-5-10/h6-7,10,16H,4-5,8-9H2,1-3H3. The highest BCUT2D eigenvalue weighted by Crippen LogP contribution is 2.38. The van der Waals surface area contributed by atoms with Crippen molar-refractivity contribution in [3.05, 3.63) is 29.9 Å². The van der Waals surface area contributed by atoms with Gasteiger partial charge in [-0.25, -0.2) is 4.98 Å². The highest BCUT2D eigenvalue weighted by atomic mass is 16.5. The molecule has 0 unspecified atom stereocenters. The third-order valence-corrected chi connectivity index (χ3v) is 3.30. The predicted molar refractivity (Wildman–Crippen MR) is 74.2 cm³/mol. The number of imidazole rings is 1. The van der Waals surface area contributed by atoms with E-state index in [9.17, 15) is 0 Å². The van der Waals surface area contributed by atoms with Gasteiger partial charge in [0.15, 0.2) is 5.82 Å². The van der Waals surface area contributed by atoms with Crippen LogP contribution in [0.5, 0.6) is 0 Å². The third-order valence-electron chi connectivity index (χ3n) is 3.30. The molecule has 2 heterocycles. The zero-order valence-corrected chi connectivity index (χ0v) is 12.3. The summed E-state index contributed by atoms with van der Waals surface area (Å²) >= 11 is 0. The number of hydrogen-bond acceptors (Lipinski definition) is 5. The lowest BCUT2D eigenvalue weighted by atomic mass is 10.1. The van der Waals surface area contributed by atoms with Crippen LogP contribution in [0.4, 0.5) is 0 Å². The SMILES string of the molecule is CC(C)(C)NCc1nccn1Cc1noc(C2CC2)n1. The van der Waals surface area contributed by atoms with E-state index in [0.717, 1.165) is 24.1 Å². The van der Waals surface area contributed by atoms with Crippen molar-refractivity contribution in [3.8, 4) is 0 Å². The Hall–Kier alpha value is -1.69. The molecule has 20 heavy (non-hydrogen) atoms. The minimum atomic E-state index is 0.0715. The fourth-order valence-corrected chi connectivity index (χ4v) is 1.98. The Bertz CT molecular complexity index is 576. The van der Waals surface area contributed by atoms with Gasteiger partial charge in [0.2, 0.25) is 5.89 Å². The second-order valence-electron chi connectivity index (χ2n) is 6.40. The van der Waals surface area contributed by atoms with E-state index in [-0.39, 0.29) is 5.54 Å². The molecular formula is C14H21N5O. The molecule has 1 saturated carbocycles. The molecule has 6 nitrogen and oxygen atoms in total. The van der Waals surface area contributed by atoms with Gasteiger partial charge in [-0.05, 0) is 33.6 Å². The highest BCUT2D eigenvalue weighted by molar-refractivity contribution is 5.03. The van der Waals surface area contributed by atoms with Crippen molar-refractivity contribution in [1.82, 2.24) is 25.0 Å². The van der Waals surface area contributed by atoms with E-state index in [0.29, 0.717) is 12.5 Å². The Morgan fingerprint density at radius 1 is 1.40 bits per heavy atom. The van der Waals surface area contributed by atoms with Gasteiger partial charge >= 0.3 is 0 Å². The molecule has 0 amide bonds. The minimum absolute atomic E-state index is 0.0715. The smallest absolute Gasteiger partial charge is 0.229 e. The van der Waals surface area contributed by atoms with Crippen LogP contribution in [0.3, 0.4) is 0 Å². The summed E-state index contributed by atoms with van der Waals surface area (Å²) in [6.45, 7) is 7.76. The number of nitrogens with zero attached hydrogens (tertiary/aromatic N) is 4. The average molecular weight is 275 g/mol. The summed E-state index contributed by atoms with van der Waals surface area (Å²) in [6.07, 6.45) is 6.11. The van der Waals surface area contributed by atoms with Crippen LogP contribution in [0.25, 0.3) is 0 Å². The first kappa shape index (κ1) is 13.3. The Kier molecular flexibility index (Phi) is 3.33. The molecule has 0 spiro atoms. The molecule has 2 aromatic heterocycles. The van der Waals surface area contributed by atoms with Crippen molar-refractivity contribution >= 4 is 0 Å². The Balaban J connectivity index is 1.66. The molecule has 0 atom stereocenters. The fraction of sp³-hybridized carbons (Fsp3) is 0.643. The molecule has 6 heteroatoms. The molecule has 3 rings (SSSR count). The normalized spacial score (nSPS) is 15.8. The van der Waals surface area contributed by atoms with E-state index >= 15 is 0 Å². The van der Waals surface area contributed by atoms with Crippen LogP contribution < -0.4 is 5.32 Å². The maximum absolute atomic E-state index is 5.28. The van der Waals surface area contributed by atoms with Crippen molar-refractivity contribution in [2.45, 2.75) is 58.2 Å². The fourth-order valence-electron chi connectivity index (χ4n) is 1.98. The van der Waals surface area contributed by atoms with E-state index in [2.05, 4.69) is 45.8 Å². The Labute approximate surface area is 118 Å². The summed E-state index contributed by atoms with van der Waals surface area (Å²) in [4.78, 5) is 8.83. The predicted octanol–water partition coefficient (Wildman–Crippen LogP) is 2.08. The maximum atomic E-state index is 5.28. The Morgan fingerprint density at radius 3 is 2.90 bits per heavy atom. The van der Waals surface area contributed by atoms with Crippen LogP contribution in [0.2, 0.25) is 0 Å². The van der Waals surface area contributed by atoms with E-state index in [4.69, 9.17) is 4.52 Å². The van der Waals surface area contributed by atoms with Gasteiger partial charge in [-0.15, -0.1) is 0 Å². The first-order valence-corrected chi connectivity index (χ1v) is 7.09. The zero-order valence-electron chi connectivity index (χ0n) is 12.3. The summed E-state index contributed by atoms with van der Waals surface area (Å²) in [5.74, 6) is 3.00. The van der Waals surface area contributed by atoms with Crippen molar-refractivity contribution in [2.75, 3.05) is 0 Å². The molecular weight excluding hydrogens is 254 g/mol. The van der Waals surface area contributed by atoms with E-state index in [1.165, 1.54) is 12.8 Å². The quantitative estimate of drug-likeness (QED) is 0.904. The van der Waals surface area contributed by atoms with Gasteiger partial charge < -0.3 is 14.4 Å². The van der Waals surface area contributed by atoms with Crippen LogP contribution in [0.1, 0.15) is 57.1 Å². The van der Waals surface area contributed by atoms with Crippen LogP contribution in [-0.2, 0) is 13.1 Å². The zero-order chi connectivity index (χ0) is 14.2. The third kappa shape index (κ3) is 3.25. The van der Waals surface area contributed by atoms with Gasteiger partial charge in [-0.2, -0.15) is 4.98 Å². The molecule has 108 valence electrons. The van der Waals surface area contributed by atoms with Gasteiger partial charge in [0.05, 0.1) is 13.1 Å². The molecule has 0 aliphatic heterocycles. The molecule has 0 radical (unpaired) electrons. The van der Waals surface area contributed by atoms with Crippen molar-refractivity contribution in [2.24, 2.45) is 0 Å². The topological polar surface area (TPSA) is 68.8 Å². The van der Waals surface area contributed by atoms with Gasteiger partial charge in [-0.3, -0.25) is 0 Å². The average Bonchev–Trinajstić information content (AvgIpc) is 2.96. The minimum Gasteiger partial charge on any atom is -0.339 e. The van der Waals surface area contributed by atoms with E-state index in [1.54, 1.807) is 0 Å². The molecule has 1 aliphatic rings. The molecule has 0 bridgehead atoms. The maximum Gasteiger partial charge on any atom is 0.229 e. The second-order valence-corrected chi connectivity index (χ2v) is 6.40. The number of hydrogen-bond donors (Lipinski definition) is 1. The first-order chi connectivity index (χ1) is 9.51. The van der Waals surface area contributed by atoms with Gasteiger partial charge in [-0.1, -0.05) is 5.16 Å². The van der Waals surface area contributed by atoms with Crippen LogP contribution in [0, 0.1) is 0 Å². The summed E-state index contributed by atoms with van der Waals surface area (Å²) in [7, 11) is 0. The summed E-state index contributed by atoms with van der Waals surface area (Å²) in [6, 6.07) is 0. The lowest BCUT2D eigenvalue weighted by molar-refractivity contribution is 0.372. The Morgan fingerprint density at radius 2 is 2.20 bits per heavy atom. The van der Waals surface area contributed by atoms with Gasteiger partial charge in [0.1, 0.15) is 5.82 Å². The van der Waals surface area contributed by atoms with E-state index in [1.807, 2.05) is 12.4 Å². The molecule has 1 fully saturated rings. The van der Waals surface area contributed by atoms with Crippen LogP contribution >= 0.6 is 0 Å². The van der Waals surface area contributed by atoms with Crippen molar-refractivity contribution in [3.63, 3.8) is 0 Å².